The number of nitrogens with zero attached hydrogens (tertiary/aromatic N) is 2. The smallest absolute Gasteiger partial charge is 0.333 e. The van der Waals surface area contributed by atoms with Crippen molar-refractivity contribution in [1.29, 1.82) is 0 Å². The summed E-state index contributed by atoms with van der Waals surface area (Å²) >= 11 is 0. The van der Waals surface area contributed by atoms with Crippen molar-refractivity contribution in [3.8, 4) is 0 Å². The molecule has 0 saturated heterocycles. The van der Waals surface area contributed by atoms with Crippen LogP contribution in [0, 0.1) is 5.82 Å². The number of hydrogen-bond donors (Lipinski definition) is 2. The highest BCUT2D eigenvalue weighted by atomic mass is 19.1. The van der Waals surface area contributed by atoms with Crippen LogP contribution in [0.4, 0.5) is 4.39 Å². The molecular weight excluding hydrogens is 381 g/mol. The number of carbonyl (C=O) groups excluding carboxylic acids is 2. The first-order chi connectivity index (χ1) is 14.0. The molecule has 9 heteroatoms. The van der Waals surface area contributed by atoms with Crippen LogP contribution in [0.3, 0.4) is 0 Å². The lowest BCUT2D eigenvalue weighted by atomic mass is 10.0. The van der Waals surface area contributed by atoms with Crippen LogP contribution in [0.25, 0.3) is 0 Å². The van der Waals surface area contributed by atoms with E-state index in [1.54, 1.807) is 6.07 Å². The first-order valence-electron chi connectivity index (χ1n) is 8.80. The maximum absolute atomic E-state index is 13.2. The van der Waals surface area contributed by atoms with Gasteiger partial charge in [-0.25, -0.2) is 14.2 Å². The van der Waals surface area contributed by atoms with Crippen molar-refractivity contribution < 1.29 is 28.6 Å². The number of carbonyl (C=O) groups is 2. The fourth-order valence-electron chi connectivity index (χ4n) is 3.14. The second kappa shape index (κ2) is 8.78. The summed E-state index contributed by atoms with van der Waals surface area (Å²) in [6, 6.07) is 5.83. The molecule has 0 aliphatic carbocycles. The molecule has 3 rings (SSSR count). The molecule has 0 unspecified atom stereocenters. The molecule has 1 amide bonds. The Labute approximate surface area is 166 Å². The zero-order chi connectivity index (χ0) is 21.0. The molecule has 152 valence electrons. The van der Waals surface area contributed by atoms with Gasteiger partial charge in [0.2, 0.25) is 11.8 Å². The van der Waals surface area contributed by atoms with E-state index >= 15 is 0 Å². The number of esters is 1. The zero-order valence-electron chi connectivity index (χ0n) is 15.9. The highest BCUT2D eigenvalue weighted by Gasteiger charge is 2.26. The molecule has 0 spiro atoms. The van der Waals surface area contributed by atoms with E-state index in [0.29, 0.717) is 35.0 Å². The minimum absolute atomic E-state index is 0.128. The van der Waals surface area contributed by atoms with Crippen LogP contribution >= 0.6 is 0 Å². The van der Waals surface area contributed by atoms with Gasteiger partial charge in [-0.2, -0.15) is 0 Å². The standard InChI is InChI=1S/C20H20FN3O5/c1-28-19-17-12(9-22-19)7-14(23-15(17)10-25)8-16(26)24-18(20(27)29-2)11-3-5-13(21)6-4-11/h3-7,18,25H,8-10H2,1-2H3,(H,24,26)/t18-/m0/s1. The minimum atomic E-state index is -1.08. The van der Waals surface area contributed by atoms with Gasteiger partial charge in [-0.1, -0.05) is 12.1 Å². The summed E-state index contributed by atoms with van der Waals surface area (Å²) in [5.74, 6) is -1.22. The van der Waals surface area contributed by atoms with Gasteiger partial charge in [0.1, 0.15) is 5.82 Å². The van der Waals surface area contributed by atoms with Crippen molar-refractivity contribution in [2.45, 2.75) is 25.6 Å². The van der Waals surface area contributed by atoms with Crippen LogP contribution in [-0.4, -0.2) is 42.1 Å². The maximum Gasteiger partial charge on any atom is 0.333 e. The summed E-state index contributed by atoms with van der Waals surface area (Å²) in [4.78, 5) is 33.2. The normalized spacial score (nSPS) is 13.3. The molecule has 8 nitrogen and oxygen atoms in total. The molecule has 1 aromatic carbocycles. The van der Waals surface area contributed by atoms with Gasteiger partial charge in [-0.05, 0) is 29.3 Å². The van der Waals surface area contributed by atoms with E-state index in [2.05, 4.69) is 15.3 Å². The van der Waals surface area contributed by atoms with Crippen molar-refractivity contribution in [3.05, 3.63) is 64.2 Å². The first-order valence-corrected chi connectivity index (χ1v) is 8.80. The van der Waals surface area contributed by atoms with Gasteiger partial charge in [0, 0.05) is 0 Å². The number of aromatic nitrogens is 1. The van der Waals surface area contributed by atoms with Crippen LogP contribution in [0.2, 0.25) is 0 Å². The van der Waals surface area contributed by atoms with Gasteiger partial charge >= 0.3 is 5.97 Å². The Hall–Kier alpha value is -3.33. The third-order valence-electron chi connectivity index (χ3n) is 4.47. The summed E-state index contributed by atoms with van der Waals surface area (Å²) in [5, 5.41) is 12.2. The fourth-order valence-corrected chi connectivity index (χ4v) is 3.14. The maximum atomic E-state index is 13.2. The first kappa shape index (κ1) is 20.4. The third-order valence-corrected chi connectivity index (χ3v) is 4.47. The fraction of sp³-hybridized carbons (Fsp3) is 0.300. The number of ether oxygens (including phenoxy) is 2. The average molecular weight is 401 g/mol. The average Bonchev–Trinajstić information content (AvgIpc) is 3.14. The monoisotopic (exact) mass is 401 g/mol. The minimum Gasteiger partial charge on any atom is -0.481 e. The van der Waals surface area contributed by atoms with Crippen LogP contribution in [0.1, 0.15) is 34.1 Å². The predicted molar refractivity (Wildman–Crippen MR) is 100 cm³/mol. The summed E-state index contributed by atoms with van der Waals surface area (Å²) in [7, 11) is 2.69. The van der Waals surface area contributed by atoms with Gasteiger partial charge in [-0.15, -0.1) is 0 Å². The molecule has 2 N–H and O–H groups in total. The number of methoxy groups -OCH3 is 2. The van der Waals surface area contributed by atoms with Gasteiger partial charge in [-0.3, -0.25) is 9.78 Å². The lowest BCUT2D eigenvalue weighted by molar-refractivity contribution is -0.145. The lowest BCUT2D eigenvalue weighted by Gasteiger charge is -2.17. The number of aliphatic hydroxyl groups is 1. The SMILES string of the molecule is COC(=O)[C@@H](NC(=O)Cc1cc2c(c(CO)n1)C(OC)=NC2)c1ccc(F)cc1. The number of amides is 1. The number of fused-ring (bicyclic) bond motifs is 1. The molecule has 2 heterocycles. The molecule has 0 fully saturated rings. The van der Waals surface area contributed by atoms with Crippen LogP contribution in [-0.2, 0) is 38.6 Å². The molecule has 1 atom stereocenters. The zero-order valence-corrected chi connectivity index (χ0v) is 15.9. The molecule has 2 aromatic rings. The number of aliphatic hydroxyl groups excluding tert-OH is 1. The molecule has 1 aromatic heterocycles. The second-order valence-corrected chi connectivity index (χ2v) is 6.33. The van der Waals surface area contributed by atoms with Crippen molar-refractivity contribution in [3.63, 3.8) is 0 Å². The third kappa shape index (κ3) is 4.40. The second-order valence-electron chi connectivity index (χ2n) is 6.33. The van der Waals surface area contributed by atoms with Crippen LogP contribution < -0.4 is 5.32 Å². The molecule has 0 radical (unpaired) electrons. The molecule has 1 aliphatic heterocycles. The van der Waals surface area contributed by atoms with Crippen molar-refractivity contribution in [2.75, 3.05) is 14.2 Å². The van der Waals surface area contributed by atoms with Crippen molar-refractivity contribution in [1.82, 2.24) is 10.3 Å². The summed E-state index contributed by atoms with van der Waals surface area (Å²) < 4.78 is 23.1. The Bertz CT molecular complexity index is 959. The molecule has 29 heavy (non-hydrogen) atoms. The number of halogens is 1. The van der Waals surface area contributed by atoms with Gasteiger partial charge in [0.15, 0.2) is 6.04 Å². The number of rotatable bonds is 6. The summed E-state index contributed by atoms with van der Waals surface area (Å²) in [6.07, 6.45) is -0.128. The van der Waals surface area contributed by atoms with Gasteiger partial charge in [0.25, 0.3) is 0 Å². The van der Waals surface area contributed by atoms with E-state index in [9.17, 15) is 19.1 Å². The number of hydrogen-bond acceptors (Lipinski definition) is 7. The van der Waals surface area contributed by atoms with Crippen LogP contribution in [0.15, 0.2) is 35.3 Å². The molecule has 0 bridgehead atoms. The summed E-state index contributed by atoms with van der Waals surface area (Å²) in [5.41, 5.74) is 2.61. The van der Waals surface area contributed by atoms with Crippen molar-refractivity contribution >= 4 is 17.8 Å². The van der Waals surface area contributed by atoms with Gasteiger partial charge in [0.05, 0.1) is 50.7 Å². The highest BCUT2D eigenvalue weighted by Crippen LogP contribution is 2.24. The topological polar surface area (TPSA) is 110 Å². The van der Waals surface area contributed by atoms with E-state index in [0.717, 1.165) is 5.56 Å². The van der Waals surface area contributed by atoms with E-state index in [-0.39, 0.29) is 13.0 Å². The number of benzene rings is 1. The Balaban J connectivity index is 1.79. The molecule has 1 aliphatic rings. The summed E-state index contributed by atoms with van der Waals surface area (Å²) in [6.45, 7) is 0.0313. The number of aliphatic imine (C=N–C) groups is 1. The van der Waals surface area contributed by atoms with E-state index in [1.165, 1.54) is 38.5 Å². The Morgan fingerprint density at radius 1 is 1.28 bits per heavy atom. The van der Waals surface area contributed by atoms with Crippen molar-refractivity contribution in [2.24, 2.45) is 4.99 Å². The number of pyridine rings is 1. The highest BCUT2D eigenvalue weighted by molar-refractivity contribution is 5.98. The molecular formula is C20H20FN3O5. The quantitative estimate of drug-likeness (QED) is 0.704. The number of nitrogens with one attached hydrogen (secondary N) is 1. The van der Waals surface area contributed by atoms with Gasteiger partial charge < -0.3 is 19.9 Å². The Morgan fingerprint density at radius 3 is 2.62 bits per heavy atom. The Morgan fingerprint density at radius 2 is 2.00 bits per heavy atom. The Kier molecular flexibility index (Phi) is 6.18. The van der Waals surface area contributed by atoms with E-state index in [4.69, 9.17) is 9.47 Å². The van der Waals surface area contributed by atoms with E-state index in [1.807, 2.05) is 0 Å². The van der Waals surface area contributed by atoms with Crippen LogP contribution in [0.5, 0.6) is 0 Å². The molecule has 0 saturated carbocycles. The lowest BCUT2D eigenvalue weighted by Crippen LogP contribution is -2.35. The predicted octanol–water partition coefficient (Wildman–Crippen LogP) is 1.19. The van der Waals surface area contributed by atoms with E-state index < -0.39 is 23.7 Å². The largest absolute Gasteiger partial charge is 0.481 e.